The van der Waals surface area contributed by atoms with Crippen LogP contribution in [0, 0.1) is 31.1 Å². The lowest BCUT2D eigenvalue weighted by atomic mass is 9.35. The van der Waals surface area contributed by atoms with Crippen molar-refractivity contribution < 1.29 is 0 Å². The van der Waals surface area contributed by atoms with E-state index in [4.69, 9.17) is 0 Å². The molecule has 0 aliphatic heterocycles. The highest BCUT2D eigenvalue weighted by Crippen LogP contribution is 2.70. The Morgan fingerprint density at radius 2 is 1.94 bits per heavy atom. The van der Waals surface area contributed by atoms with Crippen LogP contribution >= 0.6 is 0 Å². The summed E-state index contributed by atoms with van der Waals surface area (Å²) in [6, 6.07) is 2.40. The first kappa shape index (κ1) is 12.2. The molecule has 0 N–H and O–H groups in total. The normalized spacial score (nSPS) is 37.2. The monoisotopic (exact) mass is 243 g/mol. The molecule has 2 bridgehead atoms. The second-order valence-electron chi connectivity index (χ2n) is 7.20. The van der Waals surface area contributed by atoms with Crippen molar-refractivity contribution in [2.75, 3.05) is 0 Å². The lowest BCUT2D eigenvalue weighted by Gasteiger charge is -2.69. The second kappa shape index (κ2) is 3.59. The van der Waals surface area contributed by atoms with Crippen LogP contribution in [0.1, 0.15) is 56.9 Å². The van der Waals surface area contributed by atoms with Gasteiger partial charge >= 0.3 is 0 Å². The van der Waals surface area contributed by atoms with Gasteiger partial charge in [0.25, 0.3) is 0 Å². The fourth-order valence-electron chi connectivity index (χ4n) is 4.80. The summed E-state index contributed by atoms with van der Waals surface area (Å²) in [7, 11) is 0. The predicted molar refractivity (Wildman–Crippen MR) is 75.7 cm³/mol. The molecule has 3 aliphatic carbocycles. The van der Waals surface area contributed by atoms with Gasteiger partial charge in [-0.1, -0.05) is 26.8 Å². The number of hydrogen-bond donors (Lipinski definition) is 0. The Bertz CT molecular complexity index is 488. The zero-order valence-electron chi connectivity index (χ0n) is 12.4. The smallest absolute Gasteiger partial charge is 0.0401 e. The zero-order chi connectivity index (χ0) is 13.1. The Hall–Kier alpha value is -0.850. The minimum absolute atomic E-state index is 0.390. The molecule has 1 aromatic rings. The number of aromatic nitrogens is 1. The molecule has 0 spiro atoms. The Balaban J connectivity index is 2.11. The molecular formula is C17H25N. The van der Waals surface area contributed by atoms with Crippen molar-refractivity contribution in [2.24, 2.45) is 17.3 Å². The predicted octanol–water partition coefficient (Wildman–Crippen LogP) is 4.41. The SMILES string of the molecule is Cc1cc(C23CC(CCC2C)C3(C)C)cnc1C. The zero-order valence-corrected chi connectivity index (χ0v) is 12.4. The van der Waals surface area contributed by atoms with Gasteiger partial charge in [0, 0.05) is 17.3 Å². The summed E-state index contributed by atoms with van der Waals surface area (Å²) in [6.07, 6.45) is 6.35. The first-order chi connectivity index (χ1) is 8.39. The Labute approximate surface area is 111 Å². The van der Waals surface area contributed by atoms with Gasteiger partial charge in [0.05, 0.1) is 0 Å². The van der Waals surface area contributed by atoms with E-state index in [1.807, 2.05) is 0 Å². The van der Waals surface area contributed by atoms with Crippen LogP contribution in [0.4, 0.5) is 0 Å². The molecule has 98 valence electrons. The number of nitrogens with zero attached hydrogens (tertiary/aromatic N) is 1. The van der Waals surface area contributed by atoms with Gasteiger partial charge in [-0.3, -0.25) is 4.98 Å². The van der Waals surface area contributed by atoms with E-state index in [2.05, 4.69) is 51.9 Å². The van der Waals surface area contributed by atoms with E-state index in [0.717, 1.165) is 11.8 Å². The van der Waals surface area contributed by atoms with Gasteiger partial charge in [0.1, 0.15) is 0 Å². The van der Waals surface area contributed by atoms with Gasteiger partial charge in [0.15, 0.2) is 0 Å². The molecule has 1 nitrogen and oxygen atoms in total. The van der Waals surface area contributed by atoms with Crippen LogP contribution in [-0.4, -0.2) is 4.98 Å². The van der Waals surface area contributed by atoms with Crippen LogP contribution in [0.2, 0.25) is 0 Å². The third-order valence-corrected chi connectivity index (χ3v) is 6.38. The summed E-state index contributed by atoms with van der Waals surface area (Å²) in [5, 5.41) is 0. The maximum absolute atomic E-state index is 4.62. The van der Waals surface area contributed by atoms with Crippen molar-refractivity contribution in [2.45, 2.75) is 59.3 Å². The summed E-state index contributed by atoms with van der Waals surface area (Å²) in [4.78, 5) is 4.62. The number of hydrogen-bond acceptors (Lipinski definition) is 1. The molecule has 0 saturated heterocycles. The summed E-state index contributed by atoms with van der Waals surface area (Å²) in [5.74, 6) is 1.72. The number of fused-ring (bicyclic) bond motifs is 2. The lowest BCUT2D eigenvalue weighted by molar-refractivity contribution is -0.133. The molecule has 3 atom stereocenters. The standard InChI is InChI=1S/C17H25N/c1-11-8-15(10-18-13(11)3)17-9-14(16(17,4)5)7-6-12(17)2/h8,10,12,14H,6-7,9H2,1-5H3. The topological polar surface area (TPSA) is 12.9 Å². The fourth-order valence-corrected chi connectivity index (χ4v) is 4.80. The van der Waals surface area contributed by atoms with E-state index < -0.39 is 0 Å². The molecule has 3 saturated carbocycles. The van der Waals surface area contributed by atoms with Crippen LogP contribution in [0.5, 0.6) is 0 Å². The molecule has 3 unspecified atom stereocenters. The van der Waals surface area contributed by atoms with Crippen molar-refractivity contribution in [3.63, 3.8) is 0 Å². The third kappa shape index (κ3) is 1.26. The van der Waals surface area contributed by atoms with E-state index in [9.17, 15) is 0 Å². The van der Waals surface area contributed by atoms with Crippen molar-refractivity contribution in [1.82, 2.24) is 4.98 Å². The van der Waals surface area contributed by atoms with E-state index in [-0.39, 0.29) is 0 Å². The van der Waals surface area contributed by atoms with E-state index >= 15 is 0 Å². The van der Waals surface area contributed by atoms with E-state index in [0.29, 0.717) is 10.8 Å². The van der Waals surface area contributed by atoms with Crippen LogP contribution in [0.15, 0.2) is 12.3 Å². The van der Waals surface area contributed by atoms with Crippen molar-refractivity contribution >= 4 is 0 Å². The maximum Gasteiger partial charge on any atom is 0.0401 e. The highest BCUT2D eigenvalue weighted by Gasteiger charge is 2.64. The minimum Gasteiger partial charge on any atom is -0.261 e. The molecule has 0 radical (unpaired) electrons. The molecule has 18 heavy (non-hydrogen) atoms. The molecular weight excluding hydrogens is 218 g/mol. The minimum atomic E-state index is 0.390. The summed E-state index contributed by atoms with van der Waals surface area (Å²) < 4.78 is 0. The van der Waals surface area contributed by atoms with Gasteiger partial charge in [-0.15, -0.1) is 0 Å². The maximum atomic E-state index is 4.62. The number of aryl methyl sites for hydroxylation is 2. The fraction of sp³-hybridized carbons (Fsp3) is 0.706. The molecule has 1 heterocycles. The average molecular weight is 243 g/mol. The highest BCUT2D eigenvalue weighted by molar-refractivity contribution is 5.37. The van der Waals surface area contributed by atoms with E-state index in [1.54, 1.807) is 0 Å². The van der Waals surface area contributed by atoms with Crippen LogP contribution in [0.25, 0.3) is 0 Å². The molecule has 0 amide bonds. The Morgan fingerprint density at radius 3 is 2.50 bits per heavy atom. The van der Waals surface area contributed by atoms with Crippen LogP contribution in [-0.2, 0) is 5.41 Å². The van der Waals surface area contributed by atoms with Gasteiger partial charge < -0.3 is 0 Å². The molecule has 3 fully saturated rings. The Kier molecular flexibility index (Phi) is 2.43. The molecule has 0 aromatic carbocycles. The Morgan fingerprint density at radius 1 is 1.22 bits per heavy atom. The number of rotatable bonds is 1. The van der Waals surface area contributed by atoms with Crippen molar-refractivity contribution in [3.05, 3.63) is 29.1 Å². The summed E-state index contributed by atoms with van der Waals surface area (Å²) in [5.41, 5.74) is 4.86. The number of pyridine rings is 1. The average Bonchev–Trinajstić information content (AvgIpc) is 2.32. The summed E-state index contributed by atoms with van der Waals surface area (Å²) in [6.45, 7) is 11.7. The van der Waals surface area contributed by atoms with Crippen molar-refractivity contribution in [3.8, 4) is 0 Å². The van der Waals surface area contributed by atoms with Crippen LogP contribution < -0.4 is 0 Å². The van der Waals surface area contributed by atoms with Gasteiger partial charge in [-0.05, 0) is 61.5 Å². The summed E-state index contributed by atoms with van der Waals surface area (Å²) >= 11 is 0. The first-order valence-electron chi connectivity index (χ1n) is 7.33. The van der Waals surface area contributed by atoms with E-state index in [1.165, 1.54) is 36.1 Å². The second-order valence-corrected chi connectivity index (χ2v) is 7.20. The van der Waals surface area contributed by atoms with Gasteiger partial charge in [-0.25, -0.2) is 0 Å². The van der Waals surface area contributed by atoms with Gasteiger partial charge in [0.2, 0.25) is 0 Å². The molecule has 1 aromatic heterocycles. The molecule has 1 heteroatoms. The largest absolute Gasteiger partial charge is 0.261 e. The molecule has 3 aliphatic rings. The highest BCUT2D eigenvalue weighted by atomic mass is 14.7. The third-order valence-electron chi connectivity index (χ3n) is 6.38. The lowest BCUT2D eigenvalue weighted by Crippen LogP contribution is -2.64. The quantitative estimate of drug-likeness (QED) is 0.712. The van der Waals surface area contributed by atoms with Gasteiger partial charge in [-0.2, -0.15) is 0 Å². The molecule has 4 rings (SSSR count). The van der Waals surface area contributed by atoms with Crippen molar-refractivity contribution in [1.29, 1.82) is 0 Å². The first-order valence-corrected chi connectivity index (χ1v) is 7.33. The van der Waals surface area contributed by atoms with Crippen LogP contribution in [0.3, 0.4) is 0 Å².